The number of carbonyl (C=O) groups excluding carboxylic acids is 3. The number of fused-ring (bicyclic) bond motifs is 1. The molecule has 0 bridgehead atoms. The van der Waals surface area contributed by atoms with Crippen LogP contribution in [0, 0.1) is 0 Å². The summed E-state index contributed by atoms with van der Waals surface area (Å²) in [6.45, 7) is 8.64. The first-order valence-electron chi connectivity index (χ1n) is 22.4. The maximum Gasteiger partial charge on any atom is 0.405 e. The number of aromatic nitrogens is 5. The maximum absolute atomic E-state index is 14.3. The number of hydrogen-bond acceptors (Lipinski definition) is 7. The molecule has 9 rings (SSSR count). The van der Waals surface area contributed by atoms with Crippen LogP contribution in [-0.2, 0) is 20.7 Å². The molecule has 2 aliphatic heterocycles. The number of hydrogen-bond donors (Lipinski definition) is 4. The van der Waals surface area contributed by atoms with E-state index in [0.717, 1.165) is 100 Å². The third kappa shape index (κ3) is 8.30. The lowest BCUT2D eigenvalue weighted by Crippen LogP contribution is -2.51. The Kier molecular flexibility index (Phi) is 11.9. The fourth-order valence-corrected chi connectivity index (χ4v) is 9.81. The van der Waals surface area contributed by atoms with E-state index < -0.39 is 11.7 Å². The highest BCUT2D eigenvalue weighted by Gasteiger charge is 2.45. The van der Waals surface area contributed by atoms with Crippen LogP contribution in [0.5, 0.6) is 0 Å². The minimum Gasteiger partial charge on any atom is -0.433 e. The second-order valence-corrected chi connectivity index (χ2v) is 17.1. The molecule has 0 spiro atoms. The number of benzene rings is 4. The second kappa shape index (κ2) is 18.0. The van der Waals surface area contributed by atoms with Gasteiger partial charge in [-0.3, -0.25) is 14.5 Å². The topological polar surface area (TPSA) is 169 Å². The molecular formula is C51H55N9O4. The molecule has 5 N–H and O–H groups in total. The number of likely N-dealkylation sites (tertiary alicyclic amines) is 2. The van der Waals surface area contributed by atoms with E-state index >= 15 is 0 Å². The molecule has 64 heavy (non-hydrogen) atoms. The summed E-state index contributed by atoms with van der Waals surface area (Å²) in [5.41, 5.74) is 12.7. The Bertz CT molecular complexity index is 2740. The van der Waals surface area contributed by atoms with Crippen LogP contribution in [0.15, 0.2) is 122 Å². The summed E-state index contributed by atoms with van der Waals surface area (Å²) in [5.74, 6) is 1.31. The minimum atomic E-state index is -1.51. The third-order valence-corrected chi connectivity index (χ3v) is 13.1. The normalized spacial score (nSPS) is 17.8. The Morgan fingerprint density at radius 2 is 1.28 bits per heavy atom. The van der Waals surface area contributed by atoms with Crippen LogP contribution in [0.4, 0.5) is 4.79 Å². The van der Waals surface area contributed by atoms with E-state index in [4.69, 9.17) is 20.4 Å². The van der Waals surface area contributed by atoms with Crippen molar-refractivity contribution in [1.29, 1.82) is 0 Å². The van der Waals surface area contributed by atoms with Crippen molar-refractivity contribution in [3.8, 4) is 33.6 Å². The molecule has 2 fully saturated rings. The lowest BCUT2D eigenvalue weighted by molar-refractivity contribution is -0.150. The largest absolute Gasteiger partial charge is 0.433 e. The number of primary amides is 1. The molecule has 0 unspecified atom stereocenters. The van der Waals surface area contributed by atoms with E-state index in [2.05, 4.69) is 94.4 Å². The van der Waals surface area contributed by atoms with Gasteiger partial charge in [0.2, 0.25) is 5.91 Å². The van der Waals surface area contributed by atoms with Crippen molar-refractivity contribution in [3.63, 3.8) is 0 Å². The zero-order valence-corrected chi connectivity index (χ0v) is 36.6. The number of nitrogens with one attached hydrogen (secondary N) is 3. The van der Waals surface area contributed by atoms with Crippen molar-refractivity contribution < 1.29 is 19.1 Å². The van der Waals surface area contributed by atoms with Gasteiger partial charge in [-0.1, -0.05) is 111 Å². The Morgan fingerprint density at radius 3 is 1.86 bits per heavy atom. The lowest BCUT2D eigenvalue weighted by atomic mass is 9.93. The van der Waals surface area contributed by atoms with E-state index in [0.29, 0.717) is 18.9 Å². The van der Waals surface area contributed by atoms with Gasteiger partial charge in [-0.2, -0.15) is 0 Å². The van der Waals surface area contributed by atoms with Crippen molar-refractivity contribution in [3.05, 3.63) is 144 Å². The van der Waals surface area contributed by atoms with Crippen molar-refractivity contribution in [1.82, 2.24) is 39.6 Å². The van der Waals surface area contributed by atoms with Gasteiger partial charge >= 0.3 is 6.09 Å². The monoisotopic (exact) mass is 857 g/mol. The predicted molar refractivity (Wildman–Crippen MR) is 248 cm³/mol. The molecule has 0 radical (unpaired) electrons. The first-order valence-corrected chi connectivity index (χ1v) is 22.4. The number of likely N-dealkylation sites (N-methyl/N-ethyl adjacent to an activating group) is 1. The fourth-order valence-electron chi connectivity index (χ4n) is 9.81. The standard InChI is InChI=1S/C51H55N9O4/c1-4-58(5-2)45(37-13-7-6-8-14-37)48(61)59-27-11-17-43(59)46-54-31-41(56-46)35-23-19-33(20-24-35)34-21-25-36(26-22-34)42-32-55-47(57-42)44-18-12-28-60(44)49(62)51(3,64-50(52)63)29-38-30-53-40-16-10-9-15-39(38)40/h6-10,13-16,19-26,30-32,43-45,53H,4-5,11-12,17-18,27-29H2,1-3H3,(H2,52,63)(H,54,56)(H,55,57)/t43-,44-,45+,51-/m0/s1. The number of nitrogens with zero attached hydrogens (tertiary/aromatic N) is 5. The van der Waals surface area contributed by atoms with E-state index in [1.165, 1.54) is 0 Å². The lowest BCUT2D eigenvalue weighted by Gasteiger charge is -2.34. The van der Waals surface area contributed by atoms with Gasteiger partial charge in [0.25, 0.3) is 5.91 Å². The Labute approximate surface area is 373 Å². The zero-order chi connectivity index (χ0) is 44.4. The van der Waals surface area contributed by atoms with Crippen LogP contribution >= 0.6 is 0 Å². The van der Waals surface area contributed by atoms with Gasteiger partial charge in [-0.15, -0.1) is 0 Å². The summed E-state index contributed by atoms with van der Waals surface area (Å²) in [7, 11) is 0. The molecule has 2 aliphatic rings. The van der Waals surface area contributed by atoms with Gasteiger partial charge < -0.3 is 35.2 Å². The SMILES string of the molecule is CCN(CC)[C@@H](C(=O)N1CCC[C@H]1c1ncc(-c2ccc(-c3ccc(-c4cnc([C@@H]5CCCN5C(=O)[C@](C)(Cc5c[nH]c6ccccc56)OC(N)=O)[nH]4)cc3)cc2)[nH]1)c1ccccc1. The molecule has 4 aromatic carbocycles. The molecular weight excluding hydrogens is 803 g/mol. The average Bonchev–Trinajstić information content (AvgIpc) is 4.18. The number of rotatable bonds is 14. The zero-order valence-electron chi connectivity index (χ0n) is 36.6. The molecule has 0 aliphatic carbocycles. The van der Waals surface area contributed by atoms with Crippen LogP contribution in [0.1, 0.15) is 87.4 Å². The van der Waals surface area contributed by atoms with Crippen LogP contribution in [-0.4, -0.2) is 89.3 Å². The molecule has 7 aromatic rings. The highest BCUT2D eigenvalue weighted by molar-refractivity contribution is 5.90. The molecule has 2 saturated heterocycles. The first-order chi connectivity index (χ1) is 31.1. The quantitative estimate of drug-likeness (QED) is 0.0846. The number of carbonyl (C=O) groups is 3. The van der Waals surface area contributed by atoms with Crippen LogP contribution in [0.25, 0.3) is 44.5 Å². The van der Waals surface area contributed by atoms with Crippen molar-refractivity contribution in [2.75, 3.05) is 26.2 Å². The number of amides is 3. The van der Waals surface area contributed by atoms with Crippen molar-refractivity contribution in [2.24, 2.45) is 5.73 Å². The summed E-state index contributed by atoms with van der Waals surface area (Å²) >= 11 is 0. The number of para-hydroxylation sites is 1. The molecule has 3 aromatic heterocycles. The summed E-state index contributed by atoms with van der Waals surface area (Å²) in [6.07, 6.45) is 8.00. The smallest absolute Gasteiger partial charge is 0.405 e. The van der Waals surface area contributed by atoms with Gasteiger partial charge in [0.15, 0.2) is 5.60 Å². The first kappa shape index (κ1) is 42.3. The predicted octanol–water partition coefficient (Wildman–Crippen LogP) is 9.12. The Balaban J connectivity index is 0.865. The second-order valence-electron chi connectivity index (χ2n) is 17.1. The number of ether oxygens (including phenoxy) is 1. The summed E-state index contributed by atoms with van der Waals surface area (Å²) < 4.78 is 5.62. The molecule has 328 valence electrons. The summed E-state index contributed by atoms with van der Waals surface area (Å²) in [4.78, 5) is 66.6. The average molecular weight is 858 g/mol. The fraction of sp³-hybridized carbons (Fsp3) is 0.314. The van der Waals surface area contributed by atoms with Crippen molar-refractivity contribution in [2.45, 2.75) is 76.6 Å². The van der Waals surface area contributed by atoms with Gasteiger partial charge in [0.05, 0.1) is 35.9 Å². The van der Waals surface area contributed by atoms with Crippen molar-refractivity contribution >= 4 is 28.8 Å². The summed E-state index contributed by atoms with van der Waals surface area (Å²) in [5, 5.41) is 0.959. The Morgan fingerprint density at radius 1 is 0.750 bits per heavy atom. The highest BCUT2D eigenvalue weighted by atomic mass is 16.6. The highest BCUT2D eigenvalue weighted by Crippen LogP contribution is 2.38. The van der Waals surface area contributed by atoms with E-state index in [9.17, 15) is 14.4 Å². The molecule has 4 atom stereocenters. The minimum absolute atomic E-state index is 0.105. The van der Waals surface area contributed by atoms with E-state index in [1.54, 1.807) is 18.0 Å². The molecule has 0 saturated carbocycles. The van der Waals surface area contributed by atoms with Gasteiger partial charge in [0.1, 0.15) is 17.7 Å². The van der Waals surface area contributed by atoms with E-state index in [-0.39, 0.29) is 36.4 Å². The summed E-state index contributed by atoms with van der Waals surface area (Å²) in [6, 6.07) is 33.9. The van der Waals surface area contributed by atoms with Gasteiger partial charge in [-0.05, 0) is 85.1 Å². The van der Waals surface area contributed by atoms with Crippen LogP contribution in [0.3, 0.4) is 0 Å². The molecule has 13 heteroatoms. The number of imidazole rings is 2. The van der Waals surface area contributed by atoms with Gasteiger partial charge in [0, 0.05) is 36.6 Å². The third-order valence-electron chi connectivity index (χ3n) is 13.1. The number of nitrogens with two attached hydrogens (primary N) is 1. The number of aromatic amines is 3. The van der Waals surface area contributed by atoms with E-state index in [1.807, 2.05) is 59.8 Å². The molecule has 13 nitrogen and oxygen atoms in total. The maximum atomic E-state index is 14.3. The van der Waals surface area contributed by atoms with Gasteiger partial charge in [-0.25, -0.2) is 14.8 Å². The van der Waals surface area contributed by atoms with Crippen LogP contribution < -0.4 is 5.73 Å². The molecule has 5 heterocycles. The van der Waals surface area contributed by atoms with Crippen LogP contribution in [0.2, 0.25) is 0 Å². The molecule has 3 amide bonds. The Hall–Kier alpha value is -6.99. The number of H-pyrrole nitrogens is 3.